The van der Waals surface area contributed by atoms with Crippen LogP contribution in [-0.2, 0) is 14.8 Å². The zero-order valence-electron chi connectivity index (χ0n) is 15.7. The summed E-state index contributed by atoms with van der Waals surface area (Å²) < 4.78 is 31.7. The van der Waals surface area contributed by atoms with E-state index in [-0.39, 0.29) is 11.9 Å². The lowest BCUT2D eigenvalue weighted by Crippen LogP contribution is -2.53. The zero-order chi connectivity index (χ0) is 19.3. The van der Waals surface area contributed by atoms with Crippen LogP contribution in [0.3, 0.4) is 0 Å². The maximum absolute atomic E-state index is 12.7. The highest BCUT2D eigenvalue weighted by molar-refractivity contribution is 7.88. The summed E-state index contributed by atoms with van der Waals surface area (Å²) in [5.74, 6) is -0.128. The lowest BCUT2D eigenvalue weighted by molar-refractivity contribution is 0.0334. The van der Waals surface area contributed by atoms with Gasteiger partial charge in [0.25, 0.3) is 5.91 Å². The number of hydrogen-bond acceptors (Lipinski definition) is 7. The van der Waals surface area contributed by atoms with Crippen LogP contribution in [0.5, 0.6) is 0 Å². The number of hydrogen-bond donors (Lipinski definition) is 0. The van der Waals surface area contributed by atoms with Crippen molar-refractivity contribution in [3.63, 3.8) is 0 Å². The van der Waals surface area contributed by atoms with Gasteiger partial charge in [-0.15, -0.1) is 0 Å². The van der Waals surface area contributed by atoms with Crippen molar-refractivity contribution in [2.45, 2.75) is 18.9 Å². The van der Waals surface area contributed by atoms with E-state index in [1.807, 2.05) is 0 Å². The smallest absolute Gasteiger partial charge is 0.255 e. The molecule has 0 aliphatic carbocycles. The fourth-order valence-corrected chi connectivity index (χ4v) is 4.78. The molecule has 2 aliphatic rings. The van der Waals surface area contributed by atoms with E-state index in [1.165, 1.54) is 18.6 Å². The van der Waals surface area contributed by atoms with E-state index in [2.05, 4.69) is 15.1 Å². The highest BCUT2D eigenvalue weighted by atomic mass is 32.2. The van der Waals surface area contributed by atoms with Crippen molar-refractivity contribution in [3.8, 4) is 0 Å². The molecule has 27 heavy (non-hydrogen) atoms. The molecular formula is C17H27N5O4S. The Morgan fingerprint density at radius 2 is 2.07 bits per heavy atom. The normalized spacial score (nSPS) is 22.1. The molecule has 2 saturated heterocycles. The van der Waals surface area contributed by atoms with Gasteiger partial charge in [-0.1, -0.05) is 0 Å². The lowest BCUT2D eigenvalue weighted by Gasteiger charge is -2.39. The molecule has 0 N–H and O–H groups in total. The monoisotopic (exact) mass is 397 g/mol. The van der Waals surface area contributed by atoms with Gasteiger partial charge in [0.2, 0.25) is 10.0 Å². The number of carbonyl (C=O) groups excluding carboxylic acids is 1. The number of ether oxygens (including phenoxy) is 1. The second kappa shape index (κ2) is 9.05. The Bertz CT molecular complexity index is 724. The third-order valence-corrected chi connectivity index (χ3v) is 6.42. The van der Waals surface area contributed by atoms with E-state index < -0.39 is 10.0 Å². The Balaban J connectivity index is 1.65. The van der Waals surface area contributed by atoms with Crippen LogP contribution in [0, 0.1) is 0 Å². The van der Waals surface area contributed by atoms with Crippen molar-refractivity contribution in [1.82, 2.24) is 24.3 Å². The predicted octanol–water partition coefficient (Wildman–Crippen LogP) is -0.325. The summed E-state index contributed by atoms with van der Waals surface area (Å²) in [4.78, 5) is 16.6. The highest BCUT2D eigenvalue weighted by Gasteiger charge is 2.33. The van der Waals surface area contributed by atoms with Crippen molar-refractivity contribution in [2.75, 3.05) is 58.7 Å². The molecule has 0 radical (unpaired) electrons. The Labute approximate surface area is 160 Å². The third-order valence-electron chi connectivity index (χ3n) is 5.09. The van der Waals surface area contributed by atoms with Crippen LogP contribution in [-0.4, -0.2) is 103 Å². The summed E-state index contributed by atoms with van der Waals surface area (Å²) in [6, 6.07) is 1.43. The van der Waals surface area contributed by atoms with E-state index in [0.29, 0.717) is 45.0 Å². The van der Waals surface area contributed by atoms with Crippen LogP contribution in [0.4, 0.5) is 0 Å². The lowest BCUT2D eigenvalue weighted by atomic mass is 10.0. The van der Waals surface area contributed by atoms with Crippen LogP contribution in [0.2, 0.25) is 0 Å². The van der Waals surface area contributed by atoms with E-state index in [1.54, 1.807) is 15.3 Å². The molecule has 0 bridgehead atoms. The zero-order valence-corrected chi connectivity index (χ0v) is 16.5. The summed E-state index contributed by atoms with van der Waals surface area (Å²) in [6.45, 7) is 5.15. The van der Waals surface area contributed by atoms with Gasteiger partial charge < -0.3 is 9.64 Å². The molecule has 9 nitrogen and oxygen atoms in total. The molecule has 2 fully saturated rings. The Morgan fingerprint density at radius 3 is 2.74 bits per heavy atom. The minimum absolute atomic E-state index is 0.128. The molecular weight excluding hydrogens is 370 g/mol. The van der Waals surface area contributed by atoms with Crippen LogP contribution in [0.15, 0.2) is 18.5 Å². The quantitative estimate of drug-likeness (QED) is 0.649. The minimum Gasteiger partial charge on any atom is -0.379 e. The Hall–Kier alpha value is -1.62. The number of rotatable bonds is 6. The van der Waals surface area contributed by atoms with Gasteiger partial charge >= 0.3 is 0 Å². The first-order valence-corrected chi connectivity index (χ1v) is 11.1. The molecule has 1 atom stereocenters. The van der Waals surface area contributed by atoms with Crippen LogP contribution in [0.25, 0.3) is 0 Å². The van der Waals surface area contributed by atoms with Crippen molar-refractivity contribution in [1.29, 1.82) is 0 Å². The topological polar surface area (TPSA) is 95.9 Å². The number of morpholine rings is 1. The summed E-state index contributed by atoms with van der Waals surface area (Å²) >= 11 is 0. The van der Waals surface area contributed by atoms with Gasteiger partial charge in [0.05, 0.1) is 37.4 Å². The number of carbonyl (C=O) groups is 1. The van der Waals surface area contributed by atoms with Gasteiger partial charge in [-0.05, 0) is 18.9 Å². The second-order valence-corrected chi connectivity index (χ2v) is 8.94. The van der Waals surface area contributed by atoms with Gasteiger partial charge in [0, 0.05) is 45.3 Å². The number of likely N-dealkylation sites (tertiary alicyclic amines) is 1. The van der Waals surface area contributed by atoms with Gasteiger partial charge in [-0.2, -0.15) is 14.5 Å². The summed E-state index contributed by atoms with van der Waals surface area (Å²) in [6.07, 6.45) is 5.71. The maximum Gasteiger partial charge on any atom is 0.255 e. The summed E-state index contributed by atoms with van der Waals surface area (Å²) in [7, 11) is -3.36. The van der Waals surface area contributed by atoms with E-state index in [0.717, 1.165) is 25.9 Å². The van der Waals surface area contributed by atoms with Crippen molar-refractivity contribution >= 4 is 15.9 Å². The molecule has 10 heteroatoms. The molecule has 0 saturated carbocycles. The summed E-state index contributed by atoms with van der Waals surface area (Å²) in [5.41, 5.74) is 0.477. The number of aromatic nitrogens is 2. The number of nitrogens with zero attached hydrogens (tertiary/aromatic N) is 5. The molecule has 1 unspecified atom stereocenters. The first-order chi connectivity index (χ1) is 12.9. The van der Waals surface area contributed by atoms with Gasteiger partial charge in [0.1, 0.15) is 0 Å². The standard InChI is InChI=1S/C17H27N5O4S/c1-27(24,25)22(8-7-20-9-11-26-12-10-20)16-3-2-6-21(14-16)17(23)15-4-5-18-19-13-15/h4-5,13,16H,2-3,6-12,14H2,1H3. The maximum atomic E-state index is 12.7. The number of sulfonamides is 1. The van der Waals surface area contributed by atoms with Crippen molar-refractivity contribution in [3.05, 3.63) is 24.0 Å². The molecule has 150 valence electrons. The second-order valence-electron chi connectivity index (χ2n) is 7.01. The average molecular weight is 398 g/mol. The number of amides is 1. The van der Waals surface area contributed by atoms with Gasteiger partial charge in [-0.25, -0.2) is 8.42 Å². The molecule has 1 amide bonds. The van der Waals surface area contributed by atoms with Gasteiger partial charge in [0.15, 0.2) is 0 Å². The van der Waals surface area contributed by atoms with Crippen molar-refractivity contribution < 1.29 is 17.9 Å². The molecule has 2 aliphatic heterocycles. The SMILES string of the molecule is CS(=O)(=O)N(CCN1CCOCC1)C1CCCN(C(=O)c2ccnnc2)C1. The Morgan fingerprint density at radius 1 is 1.30 bits per heavy atom. The fourth-order valence-electron chi connectivity index (χ4n) is 3.66. The first kappa shape index (κ1) is 20.1. The molecule has 0 spiro atoms. The van der Waals surface area contributed by atoms with E-state index in [9.17, 15) is 13.2 Å². The van der Waals surface area contributed by atoms with Crippen LogP contribution < -0.4 is 0 Å². The predicted molar refractivity (Wildman–Crippen MR) is 99.8 cm³/mol. The summed E-state index contributed by atoms with van der Waals surface area (Å²) in [5, 5.41) is 7.45. The van der Waals surface area contributed by atoms with Crippen LogP contribution in [0.1, 0.15) is 23.2 Å². The molecule has 3 heterocycles. The highest BCUT2D eigenvalue weighted by Crippen LogP contribution is 2.20. The largest absolute Gasteiger partial charge is 0.379 e. The third kappa shape index (κ3) is 5.44. The fraction of sp³-hybridized carbons (Fsp3) is 0.706. The number of piperidine rings is 1. The minimum atomic E-state index is -3.36. The average Bonchev–Trinajstić information content (AvgIpc) is 2.68. The Kier molecular flexibility index (Phi) is 6.74. The van der Waals surface area contributed by atoms with E-state index in [4.69, 9.17) is 4.74 Å². The van der Waals surface area contributed by atoms with E-state index >= 15 is 0 Å². The molecule has 1 aromatic rings. The molecule has 3 rings (SSSR count). The molecule has 0 aromatic carbocycles. The molecule has 1 aromatic heterocycles. The van der Waals surface area contributed by atoms with Crippen molar-refractivity contribution in [2.24, 2.45) is 0 Å². The van der Waals surface area contributed by atoms with Gasteiger partial charge in [-0.3, -0.25) is 9.69 Å². The first-order valence-electron chi connectivity index (χ1n) is 9.28. The van der Waals surface area contributed by atoms with Crippen LogP contribution >= 0.6 is 0 Å².